The number of epoxide rings is 1. The lowest BCUT2D eigenvalue weighted by atomic mass is 9.95. The van der Waals surface area contributed by atoms with E-state index in [9.17, 15) is 9.59 Å². The normalized spacial score (nSPS) is 27.7. The van der Waals surface area contributed by atoms with Crippen molar-refractivity contribution in [2.24, 2.45) is 0 Å². The van der Waals surface area contributed by atoms with Crippen LogP contribution in [0.3, 0.4) is 0 Å². The molecule has 1 fully saturated rings. The summed E-state index contributed by atoms with van der Waals surface area (Å²) >= 11 is 0. The molecule has 0 radical (unpaired) electrons. The van der Waals surface area contributed by atoms with Crippen LogP contribution < -0.4 is 10.4 Å². The maximum Gasteiger partial charge on any atom is 0.341 e. The van der Waals surface area contributed by atoms with Gasteiger partial charge >= 0.3 is 11.6 Å². The van der Waals surface area contributed by atoms with Crippen molar-refractivity contribution < 1.29 is 23.4 Å². The molecule has 132 valence electrons. The van der Waals surface area contributed by atoms with E-state index >= 15 is 0 Å². The van der Waals surface area contributed by atoms with Crippen LogP contribution in [0.15, 0.2) is 33.5 Å². The number of esters is 1. The first-order valence-corrected chi connectivity index (χ1v) is 8.34. The molecule has 0 saturated carbocycles. The second kappa shape index (κ2) is 5.08. The van der Waals surface area contributed by atoms with E-state index in [1.165, 1.54) is 6.07 Å². The van der Waals surface area contributed by atoms with E-state index in [1.54, 1.807) is 13.0 Å². The zero-order valence-corrected chi connectivity index (χ0v) is 14.6. The molecule has 2 aromatic rings. The molecule has 3 heterocycles. The molecule has 3 atom stereocenters. The first-order chi connectivity index (χ1) is 11.7. The molecular formula is C19H20O6. The summed E-state index contributed by atoms with van der Waals surface area (Å²) in [4.78, 5) is 23.9. The summed E-state index contributed by atoms with van der Waals surface area (Å²) in [6.07, 6.45) is -0.0246. The Balaban J connectivity index is 1.60. The van der Waals surface area contributed by atoms with Crippen LogP contribution in [0.1, 0.15) is 33.3 Å². The van der Waals surface area contributed by atoms with Crippen molar-refractivity contribution >= 4 is 16.9 Å². The van der Waals surface area contributed by atoms with Crippen molar-refractivity contribution in [2.45, 2.75) is 57.5 Å². The maximum atomic E-state index is 12.4. The van der Waals surface area contributed by atoms with Crippen molar-refractivity contribution in [3.8, 4) is 5.75 Å². The zero-order valence-electron chi connectivity index (χ0n) is 14.6. The van der Waals surface area contributed by atoms with Gasteiger partial charge in [-0.25, -0.2) is 9.59 Å². The van der Waals surface area contributed by atoms with Crippen molar-refractivity contribution in [1.82, 2.24) is 0 Å². The molecule has 2 aliphatic rings. The summed E-state index contributed by atoms with van der Waals surface area (Å²) in [5, 5.41) is 0.838. The summed E-state index contributed by atoms with van der Waals surface area (Å²) in [5.41, 5.74) is -0.774. The third kappa shape index (κ3) is 2.52. The Morgan fingerprint density at radius 3 is 2.64 bits per heavy atom. The van der Waals surface area contributed by atoms with Crippen LogP contribution in [0, 0.1) is 0 Å². The molecule has 0 amide bonds. The van der Waals surface area contributed by atoms with Crippen molar-refractivity contribution in [3.63, 3.8) is 0 Å². The van der Waals surface area contributed by atoms with Gasteiger partial charge < -0.3 is 18.6 Å². The van der Waals surface area contributed by atoms with Gasteiger partial charge in [-0.2, -0.15) is 0 Å². The highest BCUT2D eigenvalue weighted by atomic mass is 16.7. The monoisotopic (exact) mass is 344 g/mol. The molecule has 2 aliphatic heterocycles. The van der Waals surface area contributed by atoms with Gasteiger partial charge in [0.15, 0.2) is 5.60 Å². The Labute approximate surface area is 144 Å². The number of hydrogen-bond acceptors (Lipinski definition) is 6. The first-order valence-electron chi connectivity index (χ1n) is 8.34. The molecule has 0 N–H and O–H groups in total. The molecule has 0 aliphatic carbocycles. The predicted octanol–water partition coefficient (Wildman–Crippen LogP) is 2.60. The van der Waals surface area contributed by atoms with Gasteiger partial charge in [0.2, 0.25) is 0 Å². The number of ether oxygens (including phenoxy) is 3. The largest absolute Gasteiger partial charge is 0.485 e. The minimum absolute atomic E-state index is 0.143. The number of rotatable bonds is 3. The van der Waals surface area contributed by atoms with E-state index in [0.29, 0.717) is 17.8 Å². The van der Waals surface area contributed by atoms with Crippen LogP contribution in [0.25, 0.3) is 11.0 Å². The molecule has 1 aromatic heterocycles. The van der Waals surface area contributed by atoms with Crippen LogP contribution in [0.4, 0.5) is 0 Å². The Morgan fingerprint density at radius 2 is 1.96 bits per heavy atom. The molecule has 4 rings (SSSR count). The Bertz CT molecular complexity index is 927. The van der Waals surface area contributed by atoms with E-state index in [2.05, 4.69) is 0 Å². The molecule has 2 unspecified atom stereocenters. The quantitative estimate of drug-likeness (QED) is 0.484. The van der Waals surface area contributed by atoms with E-state index < -0.39 is 16.8 Å². The molecular weight excluding hydrogens is 324 g/mol. The number of benzene rings is 1. The minimum atomic E-state index is -0.873. The fourth-order valence-electron chi connectivity index (χ4n) is 3.20. The van der Waals surface area contributed by atoms with Crippen LogP contribution >= 0.6 is 0 Å². The highest BCUT2D eigenvalue weighted by Crippen LogP contribution is 2.41. The number of fused-ring (bicyclic) bond motifs is 3. The molecule has 0 spiro atoms. The van der Waals surface area contributed by atoms with Crippen molar-refractivity contribution in [3.05, 3.63) is 40.2 Å². The number of carbonyl (C=O) groups excluding carboxylic acids is 1. The van der Waals surface area contributed by atoms with Gasteiger partial charge in [0.1, 0.15) is 23.0 Å². The first kappa shape index (κ1) is 16.1. The van der Waals surface area contributed by atoms with E-state index in [4.69, 9.17) is 18.6 Å². The Hall–Kier alpha value is -2.34. The van der Waals surface area contributed by atoms with E-state index in [-0.39, 0.29) is 18.2 Å². The third-order valence-corrected chi connectivity index (χ3v) is 5.18. The topological polar surface area (TPSA) is 78.3 Å². The van der Waals surface area contributed by atoms with Gasteiger partial charge in [0, 0.05) is 23.4 Å². The second-order valence-corrected chi connectivity index (χ2v) is 7.39. The van der Waals surface area contributed by atoms with Gasteiger partial charge in [0.05, 0.1) is 6.10 Å². The zero-order chi connectivity index (χ0) is 18.0. The average Bonchev–Trinajstić information content (AvgIpc) is 2.97. The lowest BCUT2D eigenvalue weighted by Crippen LogP contribution is -2.46. The average molecular weight is 344 g/mol. The van der Waals surface area contributed by atoms with Gasteiger partial charge in [-0.05, 0) is 45.9 Å². The van der Waals surface area contributed by atoms with Gasteiger partial charge in [-0.3, -0.25) is 0 Å². The predicted molar refractivity (Wildman–Crippen MR) is 89.7 cm³/mol. The van der Waals surface area contributed by atoms with E-state index in [1.807, 2.05) is 32.9 Å². The summed E-state index contributed by atoms with van der Waals surface area (Å²) in [5.74, 6) is 0.263. The van der Waals surface area contributed by atoms with Crippen molar-refractivity contribution in [2.75, 3.05) is 0 Å². The molecule has 1 aromatic carbocycles. The van der Waals surface area contributed by atoms with Gasteiger partial charge in [-0.1, -0.05) is 0 Å². The summed E-state index contributed by atoms with van der Waals surface area (Å²) in [6, 6.07) is 6.82. The summed E-state index contributed by atoms with van der Waals surface area (Å²) < 4.78 is 22.4. The summed E-state index contributed by atoms with van der Waals surface area (Å²) in [7, 11) is 0. The Kier molecular flexibility index (Phi) is 3.28. The van der Waals surface area contributed by atoms with Crippen molar-refractivity contribution in [1.29, 1.82) is 0 Å². The molecule has 25 heavy (non-hydrogen) atoms. The molecule has 6 heteroatoms. The lowest BCUT2D eigenvalue weighted by Gasteiger charge is -2.31. The van der Waals surface area contributed by atoms with Gasteiger partial charge in [0.25, 0.3) is 0 Å². The molecule has 6 nitrogen and oxygen atoms in total. The van der Waals surface area contributed by atoms with Crippen LogP contribution in [-0.2, 0) is 20.7 Å². The highest BCUT2D eigenvalue weighted by molar-refractivity contribution is 5.84. The van der Waals surface area contributed by atoms with Crippen LogP contribution in [0.2, 0.25) is 0 Å². The molecule has 1 saturated heterocycles. The second-order valence-electron chi connectivity index (χ2n) is 7.39. The Morgan fingerprint density at radius 1 is 1.28 bits per heavy atom. The number of hydrogen-bond donors (Lipinski definition) is 0. The SMILES string of the molecule is CC1OC1(C)C(=O)OC(C)(C)[C@@H]1Cc2c(ccc3ccc(=O)oc23)O1. The smallest absolute Gasteiger partial charge is 0.341 e. The molecule has 0 bridgehead atoms. The standard InChI is InChI=1S/C19H20O6/c1-10-19(4,24-10)17(21)25-18(2,3)14-9-12-13(22-14)7-5-11-6-8-15(20)23-16(11)12/h5-8,10,14H,9H2,1-4H3/t10?,14-,19?/m0/s1. The lowest BCUT2D eigenvalue weighted by molar-refractivity contribution is -0.170. The minimum Gasteiger partial charge on any atom is -0.485 e. The van der Waals surface area contributed by atoms with E-state index in [0.717, 1.165) is 10.9 Å². The van der Waals surface area contributed by atoms with Gasteiger partial charge in [-0.15, -0.1) is 0 Å². The van der Waals surface area contributed by atoms with Crippen LogP contribution in [0.5, 0.6) is 5.75 Å². The maximum absolute atomic E-state index is 12.4. The number of carbonyl (C=O) groups is 1. The van der Waals surface area contributed by atoms with Crippen LogP contribution in [-0.4, -0.2) is 29.4 Å². The third-order valence-electron chi connectivity index (χ3n) is 5.18. The highest BCUT2D eigenvalue weighted by Gasteiger charge is 2.58. The fourth-order valence-corrected chi connectivity index (χ4v) is 3.20. The summed E-state index contributed by atoms with van der Waals surface area (Å²) in [6.45, 7) is 7.19. The fraction of sp³-hybridized carbons (Fsp3) is 0.474.